The molecule has 1 aliphatic heterocycles. The fourth-order valence-electron chi connectivity index (χ4n) is 5.70. The Kier molecular flexibility index (Phi) is 6.98. The van der Waals surface area contributed by atoms with E-state index in [9.17, 15) is 15.0 Å². The van der Waals surface area contributed by atoms with Crippen LogP contribution in [-0.2, 0) is 28.8 Å². The van der Waals surface area contributed by atoms with Gasteiger partial charge in [0, 0.05) is 18.9 Å². The summed E-state index contributed by atoms with van der Waals surface area (Å²) in [7, 11) is 1.58. The first-order valence-electron chi connectivity index (χ1n) is 12.7. The molecule has 0 radical (unpaired) electrons. The van der Waals surface area contributed by atoms with Crippen LogP contribution in [0.3, 0.4) is 0 Å². The molecule has 5 rings (SSSR count). The van der Waals surface area contributed by atoms with Crippen LogP contribution < -0.4 is 4.74 Å². The first kappa shape index (κ1) is 25.3. The summed E-state index contributed by atoms with van der Waals surface area (Å²) in [5, 5.41) is 26.2. The number of cyclic esters (lactones) is 1. The standard InChI is InChI=1S/C27H31ClN4O5/c1-3-16-10-17(23(36-2)12-21(16)33)8-9-27(18-6-4-5-7-18)13-22(34)20(25(35)37-27)11-24-30-26-29-14-19(28)15-32(26)31-24/h10,12,14-15,18,33-34H,3-9,11,13H2,1-2H3. The Balaban J connectivity index is 1.42. The maximum absolute atomic E-state index is 13.3. The van der Waals surface area contributed by atoms with Crippen molar-refractivity contribution in [3.05, 3.63) is 57.8 Å². The Morgan fingerprint density at radius 3 is 2.73 bits per heavy atom. The first-order valence-corrected chi connectivity index (χ1v) is 13.1. The van der Waals surface area contributed by atoms with Gasteiger partial charge in [-0.15, -0.1) is 5.10 Å². The van der Waals surface area contributed by atoms with Gasteiger partial charge in [0.1, 0.15) is 22.9 Å². The number of nitrogens with zero attached hydrogens (tertiary/aromatic N) is 4. The van der Waals surface area contributed by atoms with Gasteiger partial charge >= 0.3 is 5.97 Å². The largest absolute Gasteiger partial charge is 0.512 e. The average Bonchev–Trinajstić information content (AvgIpc) is 3.55. The van der Waals surface area contributed by atoms with E-state index in [0.717, 1.165) is 36.8 Å². The molecule has 196 valence electrons. The van der Waals surface area contributed by atoms with Crippen molar-refractivity contribution in [2.75, 3.05) is 7.11 Å². The van der Waals surface area contributed by atoms with Gasteiger partial charge in [-0.3, -0.25) is 0 Å². The Bertz CT molecular complexity index is 1360. The molecule has 37 heavy (non-hydrogen) atoms. The molecule has 0 amide bonds. The van der Waals surface area contributed by atoms with Crippen molar-refractivity contribution >= 4 is 23.3 Å². The van der Waals surface area contributed by atoms with E-state index in [1.165, 1.54) is 10.7 Å². The number of aliphatic hydroxyl groups excluding tert-OH is 1. The fourth-order valence-corrected chi connectivity index (χ4v) is 5.84. The maximum atomic E-state index is 13.3. The Morgan fingerprint density at radius 1 is 1.24 bits per heavy atom. The summed E-state index contributed by atoms with van der Waals surface area (Å²) in [6.45, 7) is 1.99. The lowest BCUT2D eigenvalue weighted by Crippen LogP contribution is -2.46. The predicted octanol–water partition coefficient (Wildman–Crippen LogP) is 4.92. The normalized spacial score (nSPS) is 20.6. The molecule has 10 heteroatoms. The monoisotopic (exact) mass is 526 g/mol. The van der Waals surface area contributed by atoms with Gasteiger partial charge < -0.3 is 19.7 Å². The molecule has 3 aromatic rings. The number of methoxy groups -OCH3 is 1. The minimum absolute atomic E-state index is 0.0277. The van der Waals surface area contributed by atoms with Gasteiger partial charge in [-0.1, -0.05) is 31.4 Å². The molecule has 9 nitrogen and oxygen atoms in total. The lowest BCUT2D eigenvalue weighted by molar-refractivity contribution is -0.167. The number of aromatic hydroxyl groups is 1. The predicted molar refractivity (Wildman–Crippen MR) is 137 cm³/mol. The molecule has 2 N–H and O–H groups in total. The van der Waals surface area contributed by atoms with Gasteiger partial charge in [-0.2, -0.15) is 4.98 Å². The number of carbonyl (C=O) groups is 1. The summed E-state index contributed by atoms with van der Waals surface area (Å²) in [5.41, 5.74) is 1.15. The highest BCUT2D eigenvalue weighted by atomic mass is 35.5. The maximum Gasteiger partial charge on any atom is 0.338 e. The van der Waals surface area contributed by atoms with Crippen molar-refractivity contribution in [1.29, 1.82) is 0 Å². The van der Waals surface area contributed by atoms with Crippen molar-refractivity contribution in [1.82, 2.24) is 19.6 Å². The molecular formula is C27H31ClN4O5. The van der Waals surface area contributed by atoms with E-state index < -0.39 is 11.6 Å². The molecule has 0 bridgehead atoms. The number of rotatable bonds is 8. The van der Waals surface area contributed by atoms with Gasteiger partial charge in [0.15, 0.2) is 5.82 Å². The quantitative estimate of drug-likeness (QED) is 0.397. The van der Waals surface area contributed by atoms with Crippen LogP contribution in [-0.4, -0.2) is 48.5 Å². The topological polar surface area (TPSA) is 119 Å². The molecule has 1 saturated carbocycles. The zero-order chi connectivity index (χ0) is 26.2. The third-order valence-corrected chi connectivity index (χ3v) is 7.87. The van der Waals surface area contributed by atoms with Crippen molar-refractivity contribution in [3.63, 3.8) is 0 Å². The molecule has 2 aromatic heterocycles. The van der Waals surface area contributed by atoms with Gasteiger partial charge in [0.25, 0.3) is 5.78 Å². The van der Waals surface area contributed by atoms with E-state index in [1.54, 1.807) is 19.4 Å². The summed E-state index contributed by atoms with van der Waals surface area (Å²) in [6, 6.07) is 3.60. The highest BCUT2D eigenvalue weighted by molar-refractivity contribution is 6.30. The first-order chi connectivity index (χ1) is 17.8. The molecule has 1 unspecified atom stereocenters. The Labute approximate surface area is 220 Å². The van der Waals surface area contributed by atoms with E-state index in [0.29, 0.717) is 41.6 Å². The van der Waals surface area contributed by atoms with E-state index in [1.807, 2.05) is 13.0 Å². The second kappa shape index (κ2) is 10.2. The van der Waals surface area contributed by atoms with E-state index in [4.69, 9.17) is 21.1 Å². The Morgan fingerprint density at radius 2 is 2.03 bits per heavy atom. The van der Waals surface area contributed by atoms with Gasteiger partial charge in [0.2, 0.25) is 0 Å². The summed E-state index contributed by atoms with van der Waals surface area (Å²) >= 11 is 5.98. The van der Waals surface area contributed by atoms with E-state index in [-0.39, 0.29) is 35.8 Å². The number of carbonyl (C=O) groups excluding carboxylic acids is 1. The molecule has 3 heterocycles. The van der Waals surface area contributed by atoms with Crippen molar-refractivity contribution < 1.29 is 24.5 Å². The number of aryl methyl sites for hydroxylation is 2. The van der Waals surface area contributed by atoms with Crippen LogP contribution in [0.5, 0.6) is 11.5 Å². The summed E-state index contributed by atoms with van der Waals surface area (Å²) in [4.78, 5) is 21.8. The van der Waals surface area contributed by atoms with E-state index in [2.05, 4.69) is 15.1 Å². The lowest BCUT2D eigenvalue weighted by atomic mass is 9.76. The third kappa shape index (κ3) is 4.97. The number of halogens is 1. The molecular weight excluding hydrogens is 496 g/mol. The lowest BCUT2D eigenvalue weighted by Gasteiger charge is -2.42. The second-order valence-electron chi connectivity index (χ2n) is 9.91. The number of ether oxygens (including phenoxy) is 2. The zero-order valence-electron chi connectivity index (χ0n) is 21.0. The molecule has 0 saturated heterocycles. The molecule has 2 aliphatic rings. The highest BCUT2D eigenvalue weighted by Gasteiger charge is 2.48. The van der Waals surface area contributed by atoms with Crippen molar-refractivity contribution in [2.45, 2.75) is 70.3 Å². The average molecular weight is 527 g/mol. The summed E-state index contributed by atoms with van der Waals surface area (Å²) in [5.74, 6) is 1.17. The summed E-state index contributed by atoms with van der Waals surface area (Å²) in [6.07, 6.45) is 9.21. The smallest absolute Gasteiger partial charge is 0.338 e. The van der Waals surface area contributed by atoms with Crippen LogP contribution in [0.4, 0.5) is 0 Å². The molecule has 1 aromatic carbocycles. The van der Waals surface area contributed by atoms with Crippen LogP contribution in [0.1, 0.15) is 62.4 Å². The van der Waals surface area contributed by atoms with E-state index >= 15 is 0 Å². The van der Waals surface area contributed by atoms with Crippen LogP contribution in [0.2, 0.25) is 5.02 Å². The number of aliphatic hydroxyl groups is 1. The zero-order valence-corrected chi connectivity index (χ0v) is 21.8. The highest BCUT2D eigenvalue weighted by Crippen LogP contribution is 2.46. The number of benzene rings is 1. The van der Waals surface area contributed by atoms with Gasteiger partial charge in [-0.05, 0) is 55.2 Å². The van der Waals surface area contributed by atoms with Crippen LogP contribution >= 0.6 is 11.6 Å². The number of phenols is 1. The van der Waals surface area contributed by atoms with Crippen LogP contribution in [0.25, 0.3) is 5.78 Å². The van der Waals surface area contributed by atoms with Crippen LogP contribution in [0, 0.1) is 5.92 Å². The van der Waals surface area contributed by atoms with Gasteiger partial charge in [0.05, 0.1) is 30.1 Å². The molecule has 1 atom stereocenters. The van der Waals surface area contributed by atoms with Crippen LogP contribution in [0.15, 0.2) is 35.9 Å². The minimum atomic E-state index is -0.808. The SMILES string of the molecule is CCc1cc(CCC2(C3CCCC3)CC(O)=C(Cc3nc4ncc(Cl)cn4n3)C(=O)O2)c(OC)cc1O. The Hall–Kier alpha value is -3.33. The number of phenolic OH excluding ortho intramolecular Hbond substituents is 1. The van der Waals surface area contributed by atoms with Gasteiger partial charge in [-0.25, -0.2) is 14.3 Å². The number of esters is 1. The summed E-state index contributed by atoms with van der Waals surface area (Å²) < 4.78 is 13.2. The molecule has 1 fully saturated rings. The third-order valence-electron chi connectivity index (χ3n) is 7.68. The molecule has 0 spiro atoms. The minimum Gasteiger partial charge on any atom is -0.512 e. The number of aromatic nitrogens is 4. The number of hydrogen-bond acceptors (Lipinski definition) is 8. The van der Waals surface area contributed by atoms with Crippen molar-refractivity contribution in [3.8, 4) is 11.5 Å². The second-order valence-corrected chi connectivity index (χ2v) is 10.3. The fraction of sp³-hybridized carbons (Fsp3) is 0.481. The van der Waals surface area contributed by atoms with Crippen molar-refractivity contribution in [2.24, 2.45) is 5.92 Å². The molecule has 1 aliphatic carbocycles. The number of hydrogen-bond donors (Lipinski definition) is 2. The number of fused-ring (bicyclic) bond motifs is 1.